The van der Waals surface area contributed by atoms with Crippen molar-refractivity contribution in [3.05, 3.63) is 26.7 Å². The maximum atomic E-state index is 10.7. The van der Waals surface area contributed by atoms with Crippen LogP contribution in [0.3, 0.4) is 0 Å². The van der Waals surface area contributed by atoms with Gasteiger partial charge < -0.3 is 14.6 Å². The summed E-state index contributed by atoms with van der Waals surface area (Å²) < 4.78 is 12.8. The Morgan fingerprint density at radius 3 is 2.57 bits per heavy atom. The molecule has 0 radical (unpaired) electrons. The molecule has 0 saturated carbocycles. The summed E-state index contributed by atoms with van der Waals surface area (Å²) in [7, 11) is 0. The average molecular weight is 422 g/mol. The summed E-state index contributed by atoms with van der Waals surface area (Å²) in [6.07, 6.45) is 4.59. The van der Waals surface area contributed by atoms with E-state index in [0.717, 1.165) is 27.9 Å². The van der Waals surface area contributed by atoms with Crippen LogP contribution in [0.4, 0.5) is 0 Å². The Morgan fingerprint density at radius 1 is 1.29 bits per heavy atom. The Morgan fingerprint density at radius 2 is 2.00 bits per heavy atom. The quantitative estimate of drug-likeness (QED) is 0.479. The van der Waals surface area contributed by atoms with Crippen molar-refractivity contribution in [2.24, 2.45) is 0 Å². The molecule has 0 unspecified atom stereocenters. The molecule has 0 bridgehead atoms. The molecule has 0 atom stereocenters. The molecule has 0 fully saturated rings. The van der Waals surface area contributed by atoms with Gasteiger partial charge in [-0.1, -0.05) is 13.3 Å². The van der Waals surface area contributed by atoms with Crippen LogP contribution >= 0.6 is 31.9 Å². The van der Waals surface area contributed by atoms with Gasteiger partial charge in [-0.25, -0.2) is 4.79 Å². The summed E-state index contributed by atoms with van der Waals surface area (Å²) in [5.74, 6) is 0.220. The number of hydrogen-bond donors (Lipinski definition) is 1. The van der Waals surface area contributed by atoms with Crippen molar-refractivity contribution in [2.45, 2.75) is 26.7 Å². The number of carbonyl (C=O) groups is 1. The fourth-order valence-electron chi connectivity index (χ4n) is 1.60. The molecule has 1 rings (SSSR count). The van der Waals surface area contributed by atoms with Gasteiger partial charge in [0.2, 0.25) is 0 Å². The molecular formula is C15H18Br2O4. The number of ether oxygens (including phenoxy) is 2. The minimum Gasteiger partial charge on any atom is -0.490 e. The third kappa shape index (κ3) is 5.36. The second-order valence-electron chi connectivity index (χ2n) is 4.23. The lowest BCUT2D eigenvalue weighted by Gasteiger charge is -2.16. The van der Waals surface area contributed by atoms with Gasteiger partial charge in [0.25, 0.3) is 0 Å². The first kappa shape index (κ1) is 18.0. The Bertz CT molecular complexity index is 527. The number of carboxylic acids is 1. The van der Waals surface area contributed by atoms with Gasteiger partial charge in [-0.05, 0) is 62.9 Å². The molecule has 0 saturated heterocycles. The van der Waals surface area contributed by atoms with Crippen LogP contribution in [-0.2, 0) is 4.79 Å². The van der Waals surface area contributed by atoms with Gasteiger partial charge in [-0.2, -0.15) is 0 Å². The molecule has 1 aromatic rings. The van der Waals surface area contributed by atoms with E-state index in [1.54, 1.807) is 6.07 Å². The summed E-state index contributed by atoms with van der Waals surface area (Å²) in [4.78, 5) is 10.7. The van der Waals surface area contributed by atoms with E-state index in [9.17, 15) is 4.79 Å². The second-order valence-corrected chi connectivity index (χ2v) is 5.81. The molecular weight excluding hydrogens is 404 g/mol. The Balaban J connectivity index is 3.18. The highest BCUT2D eigenvalue weighted by molar-refractivity contribution is 9.13. The Hall–Kier alpha value is -1.01. The topological polar surface area (TPSA) is 55.8 Å². The van der Waals surface area contributed by atoms with Gasteiger partial charge in [0.15, 0.2) is 11.5 Å². The monoisotopic (exact) mass is 420 g/mol. The minimum absolute atomic E-state index is 0.500. The molecule has 1 N–H and O–H groups in total. The number of unbranched alkanes of at least 4 members (excludes halogenated alkanes) is 1. The van der Waals surface area contributed by atoms with Gasteiger partial charge >= 0.3 is 5.97 Å². The van der Waals surface area contributed by atoms with Crippen LogP contribution in [0, 0.1) is 0 Å². The first-order valence-electron chi connectivity index (χ1n) is 6.69. The molecule has 0 amide bonds. The summed E-state index contributed by atoms with van der Waals surface area (Å²) >= 11 is 6.93. The van der Waals surface area contributed by atoms with Crippen LogP contribution in [0.2, 0.25) is 0 Å². The SMILES string of the molecule is CCCCOc1c(OCC)cc(/C=C/C(=O)O)c(Br)c1Br. The molecule has 1 aromatic carbocycles. The van der Waals surface area contributed by atoms with E-state index in [0.29, 0.717) is 30.3 Å². The van der Waals surface area contributed by atoms with Crippen molar-refractivity contribution in [1.29, 1.82) is 0 Å². The number of benzene rings is 1. The highest BCUT2D eigenvalue weighted by Crippen LogP contribution is 2.43. The smallest absolute Gasteiger partial charge is 0.328 e. The van der Waals surface area contributed by atoms with Crippen molar-refractivity contribution < 1.29 is 19.4 Å². The van der Waals surface area contributed by atoms with Crippen LogP contribution in [0.1, 0.15) is 32.3 Å². The Kier molecular flexibility index (Phi) is 7.82. The Labute approximate surface area is 141 Å². The van der Waals surface area contributed by atoms with Crippen LogP contribution in [-0.4, -0.2) is 24.3 Å². The fraction of sp³-hybridized carbons (Fsp3) is 0.400. The standard InChI is InChI=1S/C15H18Br2O4/c1-3-5-8-21-15-11(20-4-2)9-10(6-7-12(18)19)13(16)14(15)17/h6-7,9H,3-5,8H2,1-2H3,(H,18,19)/b7-6+. The van der Waals surface area contributed by atoms with E-state index < -0.39 is 5.97 Å². The van der Waals surface area contributed by atoms with E-state index in [1.165, 1.54) is 6.08 Å². The number of rotatable bonds is 8. The molecule has 0 aliphatic carbocycles. The van der Waals surface area contributed by atoms with E-state index in [4.69, 9.17) is 14.6 Å². The zero-order valence-corrected chi connectivity index (χ0v) is 15.2. The molecule has 0 aliphatic rings. The van der Waals surface area contributed by atoms with E-state index >= 15 is 0 Å². The predicted octanol–water partition coefficient (Wildman–Crippen LogP) is 4.89. The predicted molar refractivity (Wildman–Crippen MR) is 90.1 cm³/mol. The largest absolute Gasteiger partial charge is 0.490 e. The van der Waals surface area contributed by atoms with Crippen molar-refractivity contribution in [3.8, 4) is 11.5 Å². The van der Waals surface area contributed by atoms with Gasteiger partial charge in [0, 0.05) is 10.5 Å². The molecule has 0 aliphatic heterocycles. The van der Waals surface area contributed by atoms with Crippen LogP contribution < -0.4 is 9.47 Å². The number of hydrogen-bond acceptors (Lipinski definition) is 3. The number of aliphatic carboxylic acids is 1. The van der Waals surface area contributed by atoms with Crippen molar-refractivity contribution in [3.63, 3.8) is 0 Å². The maximum Gasteiger partial charge on any atom is 0.328 e. The lowest BCUT2D eigenvalue weighted by molar-refractivity contribution is -0.131. The third-order valence-corrected chi connectivity index (χ3v) is 4.75. The number of carboxylic acid groups (broad SMARTS) is 1. The van der Waals surface area contributed by atoms with E-state index in [2.05, 4.69) is 38.8 Å². The lowest BCUT2D eigenvalue weighted by Crippen LogP contribution is -2.02. The highest BCUT2D eigenvalue weighted by atomic mass is 79.9. The van der Waals surface area contributed by atoms with Crippen LogP contribution in [0.5, 0.6) is 11.5 Å². The fourth-order valence-corrected chi connectivity index (χ4v) is 2.57. The van der Waals surface area contributed by atoms with E-state index in [1.807, 2.05) is 6.92 Å². The van der Waals surface area contributed by atoms with Crippen LogP contribution in [0.25, 0.3) is 6.08 Å². The highest BCUT2D eigenvalue weighted by Gasteiger charge is 2.16. The average Bonchev–Trinajstić information content (AvgIpc) is 2.44. The first-order valence-corrected chi connectivity index (χ1v) is 8.28. The minimum atomic E-state index is -1.00. The number of halogens is 2. The van der Waals surface area contributed by atoms with Crippen LogP contribution in [0.15, 0.2) is 21.1 Å². The summed E-state index contributed by atoms with van der Waals surface area (Å²) in [6, 6.07) is 1.76. The van der Waals surface area contributed by atoms with Gasteiger partial charge in [-0.3, -0.25) is 0 Å². The second kappa shape index (κ2) is 9.10. The summed E-state index contributed by atoms with van der Waals surface area (Å²) in [5, 5.41) is 8.74. The zero-order chi connectivity index (χ0) is 15.8. The molecule has 0 heterocycles. The van der Waals surface area contributed by atoms with E-state index in [-0.39, 0.29) is 0 Å². The van der Waals surface area contributed by atoms with Gasteiger partial charge in [-0.15, -0.1) is 0 Å². The zero-order valence-electron chi connectivity index (χ0n) is 12.0. The summed E-state index contributed by atoms with van der Waals surface area (Å²) in [5.41, 5.74) is 0.704. The normalized spacial score (nSPS) is 10.9. The molecule has 0 aromatic heterocycles. The first-order chi connectivity index (χ1) is 10.0. The molecule has 0 spiro atoms. The third-order valence-electron chi connectivity index (χ3n) is 2.61. The van der Waals surface area contributed by atoms with Crippen molar-refractivity contribution in [2.75, 3.05) is 13.2 Å². The molecule has 116 valence electrons. The lowest BCUT2D eigenvalue weighted by atomic mass is 10.2. The van der Waals surface area contributed by atoms with Crippen molar-refractivity contribution >= 4 is 43.9 Å². The summed E-state index contributed by atoms with van der Waals surface area (Å²) in [6.45, 7) is 5.09. The molecule has 21 heavy (non-hydrogen) atoms. The molecule has 4 nitrogen and oxygen atoms in total. The molecule has 6 heteroatoms. The maximum absolute atomic E-state index is 10.7. The van der Waals surface area contributed by atoms with Gasteiger partial charge in [0.1, 0.15) is 0 Å². The van der Waals surface area contributed by atoms with Crippen molar-refractivity contribution in [1.82, 2.24) is 0 Å². The van der Waals surface area contributed by atoms with Gasteiger partial charge in [0.05, 0.1) is 17.7 Å².